The van der Waals surface area contributed by atoms with Gasteiger partial charge in [0, 0.05) is 4.90 Å². The topological polar surface area (TPSA) is 26.0 Å². The second-order valence-electron chi connectivity index (χ2n) is 4.66. The minimum Gasteiger partial charge on any atom is -0.330 e. The molecule has 88 valence electrons. The Hall–Kier alpha value is -0.470. The zero-order valence-electron chi connectivity index (χ0n) is 9.99. The second-order valence-corrected chi connectivity index (χ2v) is 5.54. The van der Waals surface area contributed by atoms with Gasteiger partial charge in [-0.15, -0.1) is 11.8 Å². The molecular formula is C14H21NS. The molecule has 16 heavy (non-hydrogen) atoms. The van der Waals surface area contributed by atoms with Gasteiger partial charge in [0.1, 0.15) is 0 Å². The Morgan fingerprint density at radius 1 is 1.25 bits per heavy atom. The molecule has 1 aliphatic carbocycles. The average molecular weight is 235 g/mol. The van der Waals surface area contributed by atoms with Crippen molar-refractivity contribution in [1.29, 1.82) is 0 Å². The number of benzene rings is 1. The van der Waals surface area contributed by atoms with Gasteiger partial charge in [0.2, 0.25) is 0 Å². The first-order valence-corrected chi connectivity index (χ1v) is 7.41. The SMILES string of the molecule is CSc1ccc(C(CN)C2CCCC2)cc1. The molecule has 1 atom stereocenters. The highest BCUT2D eigenvalue weighted by Crippen LogP contribution is 2.37. The molecule has 0 aromatic heterocycles. The van der Waals surface area contributed by atoms with Crippen LogP contribution in [-0.2, 0) is 0 Å². The Morgan fingerprint density at radius 2 is 1.88 bits per heavy atom. The van der Waals surface area contributed by atoms with Crippen LogP contribution in [0.4, 0.5) is 0 Å². The van der Waals surface area contributed by atoms with Gasteiger partial charge in [0.25, 0.3) is 0 Å². The standard InChI is InChI=1S/C14H21NS/c1-16-13-8-6-12(7-9-13)14(10-15)11-4-2-3-5-11/h6-9,11,14H,2-5,10,15H2,1H3. The largest absolute Gasteiger partial charge is 0.330 e. The Kier molecular flexibility index (Phi) is 4.30. The van der Waals surface area contributed by atoms with E-state index < -0.39 is 0 Å². The minimum atomic E-state index is 0.582. The molecule has 1 saturated carbocycles. The summed E-state index contributed by atoms with van der Waals surface area (Å²) >= 11 is 1.80. The highest BCUT2D eigenvalue weighted by Gasteiger charge is 2.24. The maximum atomic E-state index is 5.95. The van der Waals surface area contributed by atoms with Crippen LogP contribution in [-0.4, -0.2) is 12.8 Å². The molecule has 2 rings (SSSR count). The lowest BCUT2D eigenvalue weighted by Gasteiger charge is -2.22. The van der Waals surface area contributed by atoms with Crippen molar-refractivity contribution in [2.75, 3.05) is 12.8 Å². The van der Waals surface area contributed by atoms with Gasteiger partial charge < -0.3 is 5.73 Å². The summed E-state index contributed by atoms with van der Waals surface area (Å²) in [5.74, 6) is 1.41. The molecule has 0 saturated heterocycles. The fourth-order valence-electron chi connectivity index (χ4n) is 2.81. The summed E-state index contributed by atoms with van der Waals surface area (Å²) < 4.78 is 0. The highest BCUT2D eigenvalue weighted by atomic mass is 32.2. The van der Waals surface area contributed by atoms with Crippen molar-refractivity contribution in [3.8, 4) is 0 Å². The molecule has 1 fully saturated rings. The van der Waals surface area contributed by atoms with Crippen molar-refractivity contribution < 1.29 is 0 Å². The normalized spacial score (nSPS) is 18.9. The molecule has 1 nitrogen and oxygen atoms in total. The first-order chi connectivity index (χ1) is 7.85. The maximum absolute atomic E-state index is 5.95. The van der Waals surface area contributed by atoms with Gasteiger partial charge in [-0.1, -0.05) is 25.0 Å². The van der Waals surface area contributed by atoms with Crippen LogP contribution in [0, 0.1) is 5.92 Å². The predicted octanol–water partition coefficient (Wildman–Crippen LogP) is 3.64. The van der Waals surface area contributed by atoms with Crippen LogP contribution in [0.1, 0.15) is 37.2 Å². The van der Waals surface area contributed by atoms with Gasteiger partial charge in [-0.2, -0.15) is 0 Å². The summed E-state index contributed by atoms with van der Waals surface area (Å²) in [4.78, 5) is 1.34. The molecule has 2 N–H and O–H groups in total. The third-order valence-electron chi connectivity index (χ3n) is 3.77. The first-order valence-electron chi connectivity index (χ1n) is 6.19. The lowest BCUT2D eigenvalue weighted by atomic mass is 9.85. The van der Waals surface area contributed by atoms with Crippen molar-refractivity contribution in [3.63, 3.8) is 0 Å². The van der Waals surface area contributed by atoms with Gasteiger partial charge >= 0.3 is 0 Å². The number of hydrogen-bond acceptors (Lipinski definition) is 2. The molecule has 1 unspecified atom stereocenters. The van der Waals surface area contributed by atoms with Crippen LogP contribution in [0.25, 0.3) is 0 Å². The van der Waals surface area contributed by atoms with E-state index in [2.05, 4.69) is 30.5 Å². The fraction of sp³-hybridized carbons (Fsp3) is 0.571. The van der Waals surface area contributed by atoms with Crippen LogP contribution in [0.3, 0.4) is 0 Å². The minimum absolute atomic E-state index is 0.582. The summed E-state index contributed by atoms with van der Waals surface area (Å²) in [6.45, 7) is 0.795. The third kappa shape index (κ3) is 2.61. The fourth-order valence-corrected chi connectivity index (χ4v) is 3.22. The number of rotatable bonds is 4. The van der Waals surface area contributed by atoms with Crippen molar-refractivity contribution in [3.05, 3.63) is 29.8 Å². The second kappa shape index (κ2) is 5.74. The Bertz CT molecular complexity index is 314. The van der Waals surface area contributed by atoms with Crippen molar-refractivity contribution in [2.45, 2.75) is 36.5 Å². The summed E-state index contributed by atoms with van der Waals surface area (Å²) in [6.07, 6.45) is 7.64. The highest BCUT2D eigenvalue weighted by molar-refractivity contribution is 7.98. The van der Waals surface area contributed by atoms with Gasteiger partial charge in [0.15, 0.2) is 0 Å². The summed E-state index contributed by atoms with van der Waals surface area (Å²) in [6, 6.07) is 8.97. The number of hydrogen-bond donors (Lipinski definition) is 1. The van der Waals surface area contributed by atoms with Gasteiger partial charge in [-0.3, -0.25) is 0 Å². The first kappa shape index (κ1) is 12.0. The average Bonchev–Trinajstić information content (AvgIpc) is 2.85. The number of nitrogens with two attached hydrogens (primary N) is 1. The molecule has 2 heteroatoms. The summed E-state index contributed by atoms with van der Waals surface area (Å²) in [7, 11) is 0. The monoisotopic (exact) mass is 235 g/mol. The van der Waals surface area contributed by atoms with E-state index in [9.17, 15) is 0 Å². The van der Waals surface area contributed by atoms with E-state index in [0.717, 1.165) is 12.5 Å². The van der Waals surface area contributed by atoms with Crippen LogP contribution >= 0.6 is 11.8 Å². The van der Waals surface area contributed by atoms with E-state index in [0.29, 0.717) is 5.92 Å². The molecule has 1 aliphatic rings. The van der Waals surface area contributed by atoms with Crippen LogP contribution in [0.15, 0.2) is 29.2 Å². The Morgan fingerprint density at radius 3 is 2.38 bits per heavy atom. The molecule has 0 aliphatic heterocycles. The van der Waals surface area contributed by atoms with E-state index in [1.165, 1.54) is 36.1 Å². The molecule has 0 bridgehead atoms. The molecule has 0 spiro atoms. The van der Waals surface area contributed by atoms with E-state index in [1.54, 1.807) is 11.8 Å². The van der Waals surface area contributed by atoms with Gasteiger partial charge in [-0.05, 0) is 55.2 Å². The Labute approximate surface area is 103 Å². The van der Waals surface area contributed by atoms with E-state index in [4.69, 9.17) is 5.73 Å². The Balaban J connectivity index is 2.12. The lowest BCUT2D eigenvalue weighted by molar-refractivity contribution is 0.440. The van der Waals surface area contributed by atoms with Crippen LogP contribution in [0.2, 0.25) is 0 Å². The summed E-state index contributed by atoms with van der Waals surface area (Å²) in [5, 5.41) is 0. The van der Waals surface area contributed by atoms with Crippen LogP contribution < -0.4 is 5.73 Å². The zero-order chi connectivity index (χ0) is 11.4. The third-order valence-corrected chi connectivity index (χ3v) is 4.51. The van der Waals surface area contributed by atoms with E-state index >= 15 is 0 Å². The maximum Gasteiger partial charge on any atom is 0.00693 e. The molecule has 0 amide bonds. The molecular weight excluding hydrogens is 214 g/mol. The van der Waals surface area contributed by atoms with Crippen molar-refractivity contribution in [1.82, 2.24) is 0 Å². The smallest absolute Gasteiger partial charge is 0.00693 e. The van der Waals surface area contributed by atoms with E-state index in [-0.39, 0.29) is 0 Å². The lowest BCUT2D eigenvalue weighted by Crippen LogP contribution is -2.19. The quantitative estimate of drug-likeness (QED) is 0.806. The van der Waals surface area contributed by atoms with Crippen molar-refractivity contribution >= 4 is 11.8 Å². The van der Waals surface area contributed by atoms with Gasteiger partial charge in [-0.25, -0.2) is 0 Å². The van der Waals surface area contributed by atoms with E-state index in [1.807, 2.05) is 0 Å². The molecule has 1 aromatic rings. The molecule has 0 radical (unpaired) electrons. The van der Waals surface area contributed by atoms with Gasteiger partial charge in [0.05, 0.1) is 0 Å². The zero-order valence-corrected chi connectivity index (χ0v) is 10.8. The molecule has 0 heterocycles. The van der Waals surface area contributed by atoms with Crippen LogP contribution in [0.5, 0.6) is 0 Å². The van der Waals surface area contributed by atoms with Crippen molar-refractivity contribution in [2.24, 2.45) is 11.7 Å². The predicted molar refractivity (Wildman–Crippen MR) is 72.0 cm³/mol. The summed E-state index contributed by atoms with van der Waals surface area (Å²) in [5.41, 5.74) is 7.39. The number of thioether (sulfide) groups is 1. The molecule has 1 aromatic carbocycles.